The first-order chi connectivity index (χ1) is 23.6. The standard InChI is InChI=1S/C40H61NO6S/c1-6-10-21-42-29-35-38(44-22-11-7-2)40(46-24-13-9-4)39(45-23-12-8-3)37(47-35)33-27-30(18-19-34(33)43-25-20-41-5)26-32-28-31-16-14-15-17-36(31)48-32/h14-19,27-28,35,37-41H,6-13,20-26,29H2,1-5H3/t35-,37+,38-,39+,40+/m1/s1. The molecule has 1 saturated heterocycles. The van der Waals surface area contributed by atoms with Crippen molar-refractivity contribution >= 4 is 21.4 Å². The van der Waals surface area contributed by atoms with Crippen LogP contribution in [0.1, 0.15) is 101 Å². The average molecular weight is 684 g/mol. The van der Waals surface area contributed by atoms with Crippen LogP contribution in [0.4, 0.5) is 0 Å². The van der Waals surface area contributed by atoms with Gasteiger partial charge in [-0.05, 0) is 67.9 Å². The van der Waals surface area contributed by atoms with E-state index in [0.29, 0.717) is 39.6 Å². The Hall–Kier alpha value is -2.04. The van der Waals surface area contributed by atoms with Crippen LogP contribution in [0.5, 0.6) is 5.75 Å². The van der Waals surface area contributed by atoms with Crippen LogP contribution in [0.2, 0.25) is 0 Å². The molecule has 1 fully saturated rings. The fourth-order valence-corrected chi connectivity index (χ4v) is 7.16. The Morgan fingerprint density at radius 1 is 0.729 bits per heavy atom. The quantitative estimate of drug-likeness (QED) is 0.0946. The van der Waals surface area contributed by atoms with Crippen LogP contribution in [-0.4, -0.2) is 77.6 Å². The largest absolute Gasteiger partial charge is 0.492 e. The second-order valence-corrected chi connectivity index (χ2v) is 14.0. The van der Waals surface area contributed by atoms with Crippen LogP contribution in [0.15, 0.2) is 48.5 Å². The van der Waals surface area contributed by atoms with Crippen molar-refractivity contribution in [1.82, 2.24) is 5.32 Å². The van der Waals surface area contributed by atoms with Gasteiger partial charge in [0.2, 0.25) is 0 Å². The number of benzene rings is 2. The number of rotatable bonds is 24. The molecule has 1 aliphatic heterocycles. The molecule has 0 bridgehead atoms. The minimum Gasteiger partial charge on any atom is -0.492 e. The average Bonchev–Trinajstić information content (AvgIpc) is 3.51. The van der Waals surface area contributed by atoms with Gasteiger partial charge in [-0.1, -0.05) is 77.6 Å². The van der Waals surface area contributed by atoms with Crippen molar-refractivity contribution in [2.45, 2.75) is 116 Å². The van der Waals surface area contributed by atoms with E-state index in [1.165, 1.54) is 20.5 Å². The Balaban J connectivity index is 1.75. The Labute approximate surface area is 294 Å². The lowest BCUT2D eigenvalue weighted by atomic mass is 9.89. The molecule has 48 heavy (non-hydrogen) atoms. The molecule has 0 radical (unpaired) electrons. The van der Waals surface area contributed by atoms with Crippen molar-refractivity contribution in [3.05, 3.63) is 64.5 Å². The molecule has 4 rings (SSSR count). The van der Waals surface area contributed by atoms with E-state index >= 15 is 0 Å². The number of ether oxygens (including phenoxy) is 6. The van der Waals surface area contributed by atoms with Gasteiger partial charge in [0.05, 0.1) is 6.61 Å². The number of nitrogens with one attached hydrogen (secondary N) is 1. The third-order valence-electron chi connectivity index (χ3n) is 8.83. The van der Waals surface area contributed by atoms with Crippen molar-refractivity contribution in [2.24, 2.45) is 0 Å². The van der Waals surface area contributed by atoms with E-state index in [0.717, 1.165) is 75.6 Å². The Bertz CT molecular complexity index is 1270. The van der Waals surface area contributed by atoms with Crippen LogP contribution >= 0.6 is 11.3 Å². The Morgan fingerprint density at radius 2 is 1.40 bits per heavy atom. The minimum atomic E-state index is -0.411. The lowest BCUT2D eigenvalue weighted by molar-refractivity contribution is -0.268. The van der Waals surface area contributed by atoms with Crippen molar-refractivity contribution in [2.75, 3.05) is 53.2 Å². The normalized spacial score (nSPS) is 21.2. The monoisotopic (exact) mass is 683 g/mol. The fraction of sp³-hybridized carbons (Fsp3) is 0.650. The summed E-state index contributed by atoms with van der Waals surface area (Å²) >= 11 is 1.85. The molecule has 0 saturated carbocycles. The van der Waals surface area contributed by atoms with Crippen molar-refractivity contribution in [3.8, 4) is 5.75 Å². The summed E-state index contributed by atoms with van der Waals surface area (Å²) in [5.41, 5.74) is 2.22. The third-order valence-corrected chi connectivity index (χ3v) is 9.94. The molecule has 0 amide bonds. The summed E-state index contributed by atoms with van der Waals surface area (Å²) in [4.78, 5) is 1.33. The molecule has 1 aromatic heterocycles. The number of fused-ring (bicyclic) bond motifs is 1. The van der Waals surface area contributed by atoms with E-state index in [1.807, 2.05) is 18.4 Å². The summed E-state index contributed by atoms with van der Waals surface area (Å²) in [5, 5.41) is 4.50. The van der Waals surface area contributed by atoms with E-state index in [4.69, 9.17) is 28.4 Å². The van der Waals surface area contributed by atoms with Gasteiger partial charge >= 0.3 is 0 Å². The summed E-state index contributed by atoms with van der Waals surface area (Å²) in [6, 6.07) is 17.5. The van der Waals surface area contributed by atoms with Gasteiger partial charge in [0, 0.05) is 54.5 Å². The van der Waals surface area contributed by atoms with Gasteiger partial charge < -0.3 is 33.7 Å². The smallest absolute Gasteiger partial charge is 0.125 e. The third kappa shape index (κ3) is 11.5. The van der Waals surface area contributed by atoms with Gasteiger partial charge in [-0.2, -0.15) is 0 Å². The molecule has 2 heterocycles. The van der Waals surface area contributed by atoms with E-state index in [1.54, 1.807) is 0 Å². The maximum atomic E-state index is 7.13. The van der Waals surface area contributed by atoms with Gasteiger partial charge in [-0.25, -0.2) is 0 Å². The van der Waals surface area contributed by atoms with Crippen LogP contribution in [-0.2, 0) is 30.1 Å². The van der Waals surface area contributed by atoms with Gasteiger partial charge in [0.15, 0.2) is 0 Å². The zero-order valence-corrected chi connectivity index (χ0v) is 31.0. The Kier molecular flexibility index (Phi) is 17.7. The highest BCUT2D eigenvalue weighted by atomic mass is 32.1. The van der Waals surface area contributed by atoms with Crippen molar-refractivity contribution < 1.29 is 28.4 Å². The van der Waals surface area contributed by atoms with E-state index in [9.17, 15) is 0 Å². The molecule has 1 aliphatic rings. The number of thiophene rings is 1. The van der Waals surface area contributed by atoms with Gasteiger partial charge in [-0.15, -0.1) is 11.3 Å². The summed E-state index contributed by atoms with van der Waals surface area (Å²) in [5.74, 6) is 0.822. The lowest BCUT2D eigenvalue weighted by Gasteiger charge is -2.46. The molecule has 5 atom stereocenters. The molecule has 268 valence electrons. The van der Waals surface area contributed by atoms with Crippen molar-refractivity contribution in [3.63, 3.8) is 0 Å². The molecule has 3 aromatic rings. The van der Waals surface area contributed by atoms with Crippen LogP contribution in [0.3, 0.4) is 0 Å². The highest BCUT2D eigenvalue weighted by Crippen LogP contribution is 2.42. The summed E-state index contributed by atoms with van der Waals surface area (Å²) in [6.45, 7) is 13.1. The zero-order chi connectivity index (χ0) is 34.0. The molecule has 0 unspecified atom stereocenters. The minimum absolute atomic E-state index is 0.298. The first kappa shape index (κ1) is 38.8. The van der Waals surface area contributed by atoms with Crippen LogP contribution < -0.4 is 10.1 Å². The highest BCUT2D eigenvalue weighted by molar-refractivity contribution is 7.19. The van der Waals surface area contributed by atoms with Gasteiger partial charge in [0.25, 0.3) is 0 Å². The molecule has 2 aromatic carbocycles. The Morgan fingerprint density at radius 3 is 2.08 bits per heavy atom. The number of hydrogen-bond acceptors (Lipinski definition) is 8. The zero-order valence-electron chi connectivity index (χ0n) is 30.2. The van der Waals surface area contributed by atoms with E-state index in [2.05, 4.69) is 81.5 Å². The topological polar surface area (TPSA) is 67.4 Å². The maximum Gasteiger partial charge on any atom is 0.125 e. The number of unbranched alkanes of at least 4 members (excludes halogenated alkanes) is 4. The molecule has 1 N–H and O–H groups in total. The molecule has 8 heteroatoms. The summed E-state index contributed by atoms with van der Waals surface area (Å²) in [7, 11) is 1.94. The van der Waals surface area contributed by atoms with E-state index in [-0.39, 0.29) is 24.4 Å². The molecular weight excluding hydrogens is 623 g/mol. The predicted octanol–water partition coefficient (Wildman–Crippen LogP) is 8.90. The highest BCUT2D eigenvalue weighted by Gasteiger charge is 2.49. The molecule has 0 spiro atoms. The van der Waals surface area contributed by atoms with E-state index < -0.39 is 6.10 Å². The molecule has 7 nitrogen and oxygen atoms in total. The van der Waals surface area contributed by atoms with Gasteiger partial charge in [-0.3, -0.25) is 0 Å². The molecule has 0 aliphatic carbocycles. The number of likely N-dealkylation sites (N-methyl/N-ethyl adjacent to an activating group) is 1. The summed E-state index contributed by atoms with van der Waals surface area (Å²) in [6.07, 6.45) is 7.34. The maximum absolute atomic E-state index is 7.13. The van der Waals surface area contributed by atoms with Crippen molar-refractivity contribution in [1.29, 1.82) is 0 Å². The SMILES string of the molecule is CCCCOC[C@H]1O[C@@H](c2cc(Cc3cc4ccccc4s3)ccc2OCCNC)[C@H](OCCCC)[C@@H](OCCCC)[C@@H]1OCCCC. The van der Waals surface area contributed by atoms with Gasteiger partial charge in [0.1, 0.15) is 42.9 Å². The first-order valence-electron chi connectivity index (χ1n) is 18.6. The summed E-state index contributed by atoms with van der Waals surface area (Å²) < 4.78 is 41.4. The number of hydrogen-bond donors (Lipinski definition) is 1. The second kappa shape index (κ2) is 21.9. The fourth-order valence-electron chi connectivity index (χ4n) is 6.06. The lowest BCUT2D eigenvalue weighted by Crippen LogP contribution is -2.58. The second-order valence-electron chi connectivity index (χ2n) is 12.8. The van der Waals surface area contributed by atoms with Crippen LogP contribution in [0, 0.1) is 0 Å². The predicted molar refractivity (Wildman–Crippen MR) is 198 cm³/mol. The first-order valence-corrected chi connectivity index (χ1v) is 19.4. The van der Waals surface area contributed by atoms with Crippen LogP contribution in [0.25, 0.3) is 10.1 Å². The molecular formula is C40H61NO6S.